The number of unbranched alkanes of at least 4 members (excludes halogenated alkanes) is 28. The van der Waals surface area contributed by atoms with Crippen molar-refractivity contribution in [1.82, 2.24) is 19.6 Å². The second kappa shape index (κ2) is 38.5. The van der Waals surface area contributed by atoms with Crippen molar-refractivity contribution in [2.45, 2.75) is 221 Å². The minimum absolute atomic E-state index is 0.188. The van der Waals surface area contributed by atoms with Gasteiger partial charge in [0.2, 0.25) is 0 Å². The zero-order chi connectivity index (χ0) is 53.1. The summed E-state index contributed by atoms with van der Waals surface area (Å²) < 4.78 is -0.278. The summed E-state index contributed by atoms with van der Waals surface area (Å²) in [5, 5.41) is 0.392. The van der Waals surface area contributed by atoms with Gasteiger partial charge in [0.25, 0.3) is 47.3 Å². The van der Waals surface area contributed by atoms with Crippen LogP contribution in [0.3, 0.4) is 0 Å². The third-order valence-electron chi connectivity index (χ3n) is 14.3. The molecule has 0 aromatic heterocycles. The maximum Gasteiger partial charge on any atom is 0.253 e. The van der Waals surface area contributed by atoms with E-state index in [-0.39, 0.29) is 50.7 Å². The summed E-state index contributed by atoms with van der Waals surface area (Å²) in [6.07, 6.45) is 48.1. The Morgan fingerprint density at radius 2 is 0.500 bits per heavy atom. The molecule has 16 heteroatoms. The fourth-order valence-electron chi connectivity index (χ4n) is 9.81. The molecule has 0 saturated carbocycles. The van der Waals surface area contributed by atoms with E-state index >= 15 is 0 Å². The molecule has 0 bridgehead atoms. The van der Waals surface area contributed by atoms with Crippen molar-refractivity contribution >= 4 is 95.2 Å². The topological polar surface area (TPSA) is 150 Å². The fourth-order valence-corrected chi connectivity index (χ4v) is 15.3. The van der Waals surface area contributed by atoms with Crippen LogP contribution in [0, 0.1) is 0 Å². The average Bonchev–Trinajstić information content (AvgIpc) is 4.10. The second-order valence-electron chi connectivity index (χ2n) is 20.4. The second-order valence-corrected chi connectivity index (χ2v) is 25.8. The Hall–Kier alpha value is -3.08. The minimum atomic E-state index is -0.278. The molecule has 4 aliphatic rings. The lowest BCUT2D eigenvalue weighted by Crippen LogP contribution is -2.30. The predicted octanol–water partition coefficient (Wildman–Crippen LogP) is 13.0. The quantitative estimate of drug-likeness (QED) is 0.0325. The molecule has 2 atom stereocenters. The summed E-state index contributed by atoms with van der Waals surface area (Å²) in [6.45, 7) is 2.06. The van der Waals surface area contributed by atoms with Crippen LogP contribution in [0.5, 0.6) is 0 Å². The number of carbonyl (C=O) groups is 8. The third kappa shape index (κ3) is 25.4. The van der Waals surface area contributed by atoms with Gasteiger partial charge in [-0.25, -0.2) is 0 Å². The van der Waals surface area contributed by atoms with Gasteiger partial charge >= 0.3 is 0 Å². The Labute approximate surface area is 463 Å². The Morgan fingerprint density at radius 1 is 0.297 bits per heavy atom. The zero-order valence-corrected chi connectivity index (χ0v) is 47.9. The number of nitrogens with zero attached hydrogens (tertiary/aromatic N) is 4. The number of thioether (sulfide) groups is 3. The molecule has 0 aliphatic carbocycles. The molecule has 2 unspecified atom stereocenters. The van der Waals surface area contributed by atoms with Crippen molar-refractivity contribution in [1.29, 1.82) is 0 Å². The van der Waals surface area contributed by atoms with Crippen LogP contribution in [-0.4, -0.2) is 119 Å². The molecule has 0 spiro atoms. The molecule has 74 heavy (non-hydrogen) atoms. The van der Waals surface area contributed by atoms with Crippen LogP contribution >= 0.6 is 47.9 Å². The van der Waals surface area contributed by atoms with Crippen LogP contribution in [-0.2, 0) is 38.4 Å². The Kier molecular flexibility index (Phi) is 33.0. The van der Waals surface area contributed by atoms with E-state index in [4.69, 9.17) is 12.6 Å². The number of amides is 8. The van der Waals surface area contributed by atoms with Crippen LogP contribution in [0.15, 0.2) is 48.6 Å². The lowest BCUT2D eigenvalue weighted by molar-refractivity contribution is -0.138. The van der Waals surface area contributed by atoms with Crippen LogP contribution in [0.25, 0.3) is 0 Å². The molecular formula is C58H89N4O8S4. The van der Waals surface area contributed by atoms with E-state index in [1.54, 1.807) is 0 Å². The molecule has 0 aromatic carbocycles. The van der Waals surface area contributed by atoms with E-state index in [0.29, 0.717) is 31.4 Å². The van der Waals surface area contributed by atoms with E-state index < -0.39 is 0 Å². The first-order valence-electron chi connectivity index (χ1n) is 28.7. The van der Waals surface area contributed by atoms with Crippen molar-refractivity contribution in [2.75, 3.05) is 43.4 Å². The van der Waals surface area contributed by atoms with E-state index in [9.17, 15) is 38.4 Å². The van der Waals surface area contributed by atoms with Gasteiger partial charge in [0, 0.05) is 80.0 Å². The number of rotatable bonds is 48. The molecule has 0 fully saturated rings. The van der Waals surface area contributed by atoms with Gasteiger partial charge in [-0.3, -0.25) is 58.0 Å². The molecule has 12 nitrogen and oxygen atoms in total. The highest BCUT2D eigenvalue weighted by atomic mass is 32.3. The van der Waals surface area contributed by atoms with Crippen molar-refractivity contribution in [2.24, 2.45) is 0 Å². The highest BCUT2D eigenvalue weighted by Crippen LogP contribution is 2.51. The molecule has 4 aliphatic heterocycles. The highest BCUT2D eigenvalue weighted by molar-refractivity contribution is 8.30. The van der Waals surface area contributed by atoms with Gasteiger partial charge in [-0.15, -0.1) is 23.5 Å². The molecule has 8 amide bonds. The number of imide groups is 4. The standard InChI is InChI=1S/C58H89N4O8S4/c63-50-34-35-51(64)59(50)42-26-18-10-3-1-6-15-23-31-47-73-58(71,74-48-32-24-16-7-5-12-20-28-44-61-54(67)38-39-55(61)68)49(33-25-17-9-2-4-11-19-27-43-60-52(65)36-37-53(60)66)72-46-30-22-14-8-13-21-29-45-62-56(69)40-41-57(62)70/h34-41,49H,1-33,42-48H2. The van der Waals surface area contributed by atoms with E-state index in [0.717, 1.165) is 101 Å². The average molecular weight is 1100 g/mol. The lowest BCUT2D eigenvalue weighted by Gasteiger charge is -2.35. The van der Waals surface area contributed by atoms with Gasteiger partial charge in [0.05, 0.1) is 0 Å². The largest absolute Gasteiger partial charge is 0.275 e. The molecule has 4 rings (SSSR count). The van der Waals surface area contributed by atoms with Crippen molar-refractivity contribution in [3.8, 4) is 0 Å². The van der Waals surface area contributed by atoms with Gasteiger partial charge in [0.15, 0.2) is 0 Å². The first kappa shape index (κ1) is 63.5. The normalized spacial score (nSPS) is 16.8. The van der Waals surface area contributed by atoms with E-state index in [1.165, 1.54) is 197 Å². The summed E-state index contributed by atoms with van der Waals surface area (Å²) in [7, 11) is 0. The predicted molar refractivity (Wildman–Crippen MR) is 307 cm³/mol. The zero-order valence-electron chi connectivity index (χ0n) is 44.7. The highest BCUT2D eigenvalue weighted by Gasteiger charge is 2.37. The first-order chi connectivity index (χ1) is 36.0. The van der Waals surface area contributed by atoms with Crippen LogP contribution in [0.4, 0.5) is 0 Å². The van der Waals surface area contributed by atoms with Gasteiger partial charge in [-0.05, 0) is 68.6 Å². The monoisotopic (exact) mass is 1100 g/mol. The maximum atomic E-state index is 11.9. The van der Waals surface area contributed by atoms with Gasteiger partial charge in [-0.2, -0.15) is 11.8 Å². The van der Waals surface area contributed by atoms with Crippen molar-refractivity contribution in [3.05, 3.63) is 48.6 Å². The fraction of sp³-hybridized carbons (Fsp3) is 0.724. The molecule has 4 heterocycles. The molecule has 0 aromatic rings. The van der Waals surface area contributed by atoms with Crippen LogP contribution < -0.4 is 0 Å². The van der Waals surface area contributed by atoms with E-state index in [1.807, 2.05) is 23.5 Å². The number of carbonyl (C=O) groups excluding carboxylic acids is 8. The van der Waals surface area contributed by atoms with Gasteiger partial charge in [0.1, 0.15) is 3.41 Å². The smallest absolute Gasteiger partial charge is 0.253 e. The Bertz CT molecular complexity index is 1760. The molecule has 0 N–H and O–H groups in total. The summed E-state index contributed by atoms with van der Waals surface area (Å²) in [4.78, 5) is 100. The maximum absolute atomic E-state index is 11.9. The van der Waals surface area contributed by atoms with E-state index in [2.05, 4.69) is 11.8 Å². The van der Waals surface area contributed by atoms with Crippen molar-refractivity contribution in [3.63, 3.8) is 0 Å². The van der Waals surface area contributed by atoms with Gasteiger partial charge < -0.3 is 0 Å². The molecule has 1 radical (unpaired) electrons. The first-order valence-corrected chi connectivity index (χ1v) is 32.2. The summed E-state index contributed by atoms with van der Waals surface area (Å²) >= 11 is 13.0. The molecule has 413 valence electrons. The Morgan fingerprint density at radius 3 is 0.757 bits per heavy atom. The summed E-state index contributed by atoms with van der Waals surface area (Å²) in [6, 6.07) is 0. The third-order valence-corrected chi connectivity index (χ3v) is 20.4. The molecule has 0 saturated heterocycles. The minimum Gasteiger partial charge on any atom is -0.275 e. The number of hydrogen-bond donors (Lipinski definition) is 0. The summed E-state index contributed by atoms with van der Waals surface area (Å²) in [5.74, 6) is 1.76. The van der Waals surface area contributed by atoms with Crippen LogP contribution in [0.1, 0.15) is 212 Å². The van der Waals surface area contributed by atoms with Gasteiger partial charge in [-0.1, -0.05) is 173 Å². The molecular weight excluding hydrogens is 1010 g/mol. The SMILES string of the molecule is O=C1C=CC(=O)N1CCCCCCCCCCCSC([S])(SCCCCCCCCCCN1C(=O)C=CC1=O)C(CCCCCCCCCCN1C(=O)C=CC1=O)SCCCCCCCCCN1C(=O)C=CC1=O. The Balaban J connectivity index is 1.18. The van der Waals surface area contributed by atoms with Crippen LogP contribution in [0.2, 0.25) is 0 Å². The lowest BCUT2D eigenvalue weighted by atomic mass is 10.1. The summed E-state index contributed by atoms with van der Waals surface area (Å²) in [5.41, 5.74) is 0. The van der Waals surface area contributed by atoms with Crippen molar-refractivity contribution < 1.29 is 38.4 Å². The number of hydrogen-bond acceptors (Lipinski definition) is 11.